The predicted octanol–water partition coefficient (Wildman–Crippen LogP) is 2.46. The van der Waals surface area contributed by atoms with E-state index in [0.717, 1.165) is 6.26 Å². The SMILES string of the molecule is Cc1cc(C#N)cc(Oc2ccc(S(C)(=O)=O)cc2)n1. The first kappa shape index (κ1) is 14.0. The molecule has 0 spiro atoms. The van der Waals surface area contributed by atoms with Gasteiger partial charge in [0.2, 0.25) is 5.88 Å². The Morgan fingerprint density at radius 3 is 2.40 bits per heavy atom. The maximum absolute atomic E-state index is 11.3. The van der Waals surface area contributed by atoms with Gasteiger partial charge in [-0.2, -0.15) is 5.26 Å². The second-order valence-corrected chi connectivity index (χ2v) is 6.31. The summed E-state index contributed by atoms with van der Waals surface area (Å²) in [5.41, 5.74) is 1.13. The standard InChI is InChI=1S/C14H12N2O3S/c1-10-7-11(9-15)8-14(16-10)19-12-3-5-13(6-4-12)20(2,17)18/h3-8H,1-2H3. The Bertz CT molecular complexity index is 775. The van der Waals surface area contributed by atoms with E-state index in [0.29, 0.717) is 22.9 Å². The van der Waals surface area contributed by atoms with Crippen molar-refractivity contribution in [3.05, 3.63) is 47.7 Å². The van der Waals surface area contributed by atoms with Crippen molar-refractivity contribution >= 4 is 9.84 Å². The van der Waals surface area contributed by atoms with Gasteiger partial charge in [-0.1, -0.05) is 0 Å². The van der Waals surface area contributed by atoms with Crippen LogP contribution in [0.5, 0.6) is 11.6 Å². The summed E-state index contributed by atoms with van der Waals surface area (Å²) < 4.78 is 28.2. The molecule has 1 aromatic carbocycles. The summed E-state index contributed by atoms with van der Waals surface area (Å²) in [6.45, 7) is 1.76. The number of nitriles is 1. The fraction of sp³-hybridized carbons (Fsp3) is 0.143. The molecule has 0 N–H and O–H groups in total. The third-order valence-corrected chi connectivity index (χ3v) is 3.66. The molecular formula is C14H12N2O3S. The molecule has 0 saturated heterocycles. The molecule has 0 saturated carbocycles. The number of ether oxygens (including phenoxy) is 1. The van der Waals surface area contributed by atoms with Gasteiger partial charge in [-0.25, -0.2) is 13.4 Å². The third kappa shape index (κ3) is 3.33. The van der Waals surface area contributed by atoms with Gasteiger partial charge in [-0.3, -0.25) is 0 Å². The summed E-state index contributed by atoms with van der Waals surface area (Å²) in [5.74, 6) is 0.757. The van der Waals surface area contributed by atoms with Crippen molar-refractivity contribution in [1.29, 1.82) is 5.26 Å². The molecule has 0 unspecified atom stereocenters. The first-order chi connectivity index (χ1) is 9.38. The molecule has 20 heavy (non-hydrogen) atoms. The Labute approximate surface area is 117 Å². The van der Waals surface area contributed by atoms with E-state index >= 15 is 0 Å². The molecule has 0 aliphatic heterocycles. The number of pyridine rings is 1. The number of sulfone groups is 1. The van der Waals surface area contributed by atoms with Gasteiger partial charge in [0.25, 0.3) is 0 Å². The Hall–Kier alpha value is -2.39. The normalized spacial score (nSPS) is 10.8. The lowest BCUT2D eigenvalue weighted by molar-refractivity contribution is 0.461. The van der Waals surface area contributed by atoms with Gasteiger partial charge in [-0.15, -0.1) is 0 Å². The summed E-state index contributed by atoms with van der Waals surface area (Å²) in [6.07, 6.45) is 1.14. The second kappa shape index (κ2) is 5.31. The zero-order chi connectivity index (χ0) is 14.8. The van der Waals surface area contributed by atoms with Crippen LogP contribution in [0, 0.1) is 18.3 Å². The van der Waals surface area contributed by atoms with E-state index in [-0.39, 0.29) is 4.90 Å². The Morgan fingerprint density at radius 2 is 1.85 bits per heavy atom. The minimum absolute atomic E-state index is 0.222. The summed E-state index contributed by atoms with van der Waals surface area (Å²) in [5, 5.41) is 8.88. The zero-order valence-electron chi connectivity index (χ0n) is 11.0. The van der Waals surface area contributed by atoms with Gasteiger partial charge in [0, 0.05) is 18.0 Å². The lowest BCUT2D eigenvalue weighted by atomic mass is 10.2. The van der Waals surface area contributed by atoms with Gasteiger partial charge in [0.05, 0.1) is 16.5 Å². The fourth-order valence-corrected chi connectivity index (χ4v) is 2.26. The first-order valence-corrected chi connectivity index (χ1v) is 7.64. The lowest BCUT2D eigenvalue weighted by Crippen LogP contribution is -1.97. The highest BCUT2D eigenvalue weighted by atomic mass is 32.2. The van der Waals surface area contributed by atoms with Gasteiger partial charge < -0.3 is 4.74 Å². The van der Waals surface area contributed by atoms with E-state index in [4.69, 9.17) is 10.00 Å². The molecular weight excluding hydrogens is 276 g/mol. The molecule has 5 nitrogen and oxygen atoms in total. The van der Waals surface area contributed by atoms with Crippen LogP contribution < -0.4 is 4.74 Å². The molecule has 0 amide bonds. The molecule has 1 heterocycles. The predicted molar refractivity (Wildman–Crippen MR) is 73.3 cm³/mol. The molecule has 2 rings (SSSR count). The van der Waals surface area contributed by atoms with Crippen molar-refractivity contribution in [2.45, 2.75) is 11.8 Å². The number of rotatable bonds is 3. The van der Waals surface area contributed by atoms with Crippen LogP contribution >= 0.6 is 0 Å². The number of aryl methyl sites for hydroxylation is 1. The molecule has 102 valence electrons. The number of hydrogen-bond acceptors (Lipinski definition) is 5. The van der Waals surface area contributed by atoms with E-state index in [9.17, 15) is 8.42 Å². The number of hydrogen-bond donors (Lipinski definition) is 0. The fourth-order valence-electron chi connectivity index (χ4n) is 1.63. The van der Waals surface area contributed by atoms with Crippen molar-refractivity contribution < 1.29 is 13.2 Å². The molecule has 0 aliphatic carbocycles. The Kier molecular flexibility index (Phi) is 3.72. The van der Waals surface area contributed by atoms with Crippen LogP contribution in [0.25, 0.3) is 0 Å². The summed E-state index contributed by atoms with van der Waals surface area (Å²) >= 11 is 0. The average molecular weight is 288 g/mol. The number of benzene rings is 1. The van der Waals surface area contributed by atoms with E-state index in [1.54, 1.807) is 25.1 Å². The number of nitrogens with zero attached hydrogens (tertiary/aromatic N) is 2. The topological polar surface area (TPSA) is 80.0 Å². The minimum atomic E-state index is -3.22. The van der Waals surface area contributed by atoms with Crippen LogP contribution in [0.1, 0.15) is 11.3 Å². The van der Waals surface area contributed by atoms with E-state index in [2.05, 4.69) is 4.98 Å². The zero-order valence-corrected chi connectivity index (χ0v) is 11.8. The van der Waals surface area contributed by atoms with Gasteiger partial charge >= 0.3 is 0 Å². The van der Waals surface area contributed by atoms with Gasteiger partial charge in [0.1, 0.15) is 5.75 Å². The largest absolute Gasteiger partial charge is 0.439 e. The molecule has 0 aliphatic rings. The Balaban J connectivity index is 2.27. The summed E-state index contributed by atoms with van der Waals surface area (Å²) in [6, 6.07) is 11.2. The maximum atomic E-state index is 11.3. The van der Waals surface area contributed by atoms with Crippen LogP contribution in [-0.4, -0.2) is 19.7 Å². The van der Waals surface area contributed by atoms with Crippen molar-refractivity contribution in [2.24, 2.45) is 0 Å². The monoisotopic (exact) mass is 288 g/mol. The van der Waals surface area contributed by atoms with E-state index < -0.39 is 9.84 Å². The highest BCUT2D eigenvalue weighted by Gasteiger charge is 2.07. The molecule has 0 radical (unpaired) electrons. The van der Waals surface area contributed by atoms with Crippen LogP contribution in [0.4, 0.5) is 0 Å². The summed E-state index contributed by atoms with van der Waals surface area (Å²) in [7, 11) is -3.22. The number of aromatic nitrogens is 1. The van der Waals surface area contributed by atoms with Crippen LogP contribution in [0.3, 0.4) is 0 Å². The van der Waals surface area contributed by atoms with Crippen molar-refractivity contribution in [3.8, 4) is 17.7 Å². The maximum Gasteiger partial charge on any atom is 0.220 e. The first-order valence-electron chi connectivity index (χ1n) is 5.75. The summed E-state index contributed by atoms with van der Waals surface area (Å²) in [4.78, 5) is 4.38. The highest BCUT2D eigenvalue weighted by Crippen LogP contribution is 2.22. The lowest BCUT2D eigenvalue weighted by Gasteiger charge is -2.06. The van der Waals surface area contributed by atoms with Crippen molar-refractivity contribution in [1.82, 2.24) is 4.98 Å². The molecule has 2 aromatic rings. The molecule has 0 fully saturated rings. The quantitative estimate of drug-likeness (QED) is 0.866. The van der Waals surface area contributed by atoms with Crippen LogP contribution in [0.2, 0.25) is 0 Å². The molecule has 1 aromatic heterocycles. The molecule has 6 heteroatoms. The highest BCUT2D eigenvalue weighted by molar-refractivity contribution is 7.90. The van der Waals surface area contributed by atoms with E-state index in [1.165, 1.54) is 18.2 Å². The van der Waals surface area contributed by atoms with Crippen molar-refractivity contribution in [3.63, 3.8) is 0 Å². The van der Waals surface area contributed by atoms with E-state index in [1.807, 2.05) is 6.07 Å². The van der Waals surface area contributed by atoms with Crippen molar-refractivity contribution in [2.75, 3.05) is 6.26 Å². The average Bonchev–Trinajstić information content (AvgIpc) is 2.37. The molecule has 0 atom stereocenters. The Morgan fingerprint density at radius 1 is 1.20 bits per heavy atom. The third-order valence-electron chi connectivity index (χ3n) is 2.53. The van der Waals surface area contributed by atoms with Crippen LogP contribution in [-0.2, 0) is 9.84 Å². The van der Waals surface area contributed by atoms with Gasteiger partial charge in [0.15, 0.2) is 9.84 Å². The van der Waals surface area contributed by atoms with Gasteiger partial charge in [-0.05, 0) is 37.3 Å². The minimum Gasteiger partial charge on any atom is -0.439 e. The second-order valence-electron chi connectivity index (χ2n) is 4.29. The molecule has 0 bridgehead atoms. The van der Waals surface area contributed by atoms with Crippen LogP contribution in [0.15, 0.2) is 41.3 Å². The smallest absolute Gasteiger partial charge is 0.220 e.